The number of amides is 1. The Morgan fingerprint density at radius 2 is 2.04 bits per heavy atom. The van der Waals surface area contributed by atoms with Crippen LogP contribution in [0.25, 0.3) is 0 Å². The number of ether oxygens (including phenoxy) is 1. The van der Waals surface area contributed by atoms with Crippen molar-refractivity contribution in [1.82, 2.24) is 14.9 Å². The molecule has 1 fully saturated rings. The number of piperazine rings is 1. The number of rotatable bonds is 5. The van der Waals surface area contributed by atoms with Crippen molar-refractivity contribution < 1.29 is 9.53 Å². The molecule has 0 spiro atoms. The number of aromatic nitrogens is 2. The summed E-state index contributed by atoms with van der Waals surface area (Å²) in [7, 11) is 2.10. The Balaban J connectivity index is 1.55. The van der Waals surface area contributed by atoms with E-state index >= 15 is 0 Å². The average molecular weight is 362 g/mol. The molecular weight excluding hydrogens is 342 g/mol. The summed E-state index contributed by atoms with van der Waals surface area (Å²) in [5.41, 5.74) is 0. The highest BCUT2D eigenvalue weighted by atomic mass is 35.5. The Labute approximate surface area is 151 Å². The zero-order valence-corrected chi connectivity index (χ0v) is 14.7. The number of carbonyl (C=O) groups excluding carboxylic acids is 1. The summed E-state index contributed by atoms with van der Waals surface area (Å²) in [6, 6.07) is 8.69. The van der Waals surface area contributed by atoms with Crippen LogP contribution in [-0.4, -0.2) is 60.6 Å². The second-order valence-corrected chi connectivity index (χ2v) is 6.28. The fourth-order valence-electron chi connectivity index (χ4n) is 2.51. The van der Waals surface area contributed by atoms with Crippen molar-refractivity contribution in [2.45, 2.75) is 0 Å². The molecule has 1 amide bonds. The molecule has 1 aliphatic rings. The van der Waals surface area contributed by atoms with Gasteiger partial charge in [-0.3, -0.25) is 4.79 Å². The topological polar surface area (TPSA) is 70.6 Å². The third-order valence-electron chi connectivity index (χ3n) is 3.91. The molecule has 1 N–H and O–H groups in total. The number of benzene rings is 1. The van der Waals surface area contributed by atoms with Gasteiger partial charge in [-0.15, -0.1) is 0 Å². The van der Waals surface area contributed by atoms with Crippen molar-refractivity contribution in [3.8, 4) is 5.75 Å². The van der Waals surface area contributed by atoms with Crippen LogP contribution in [0.2, 0.25) is 5.02 Å². The number of nitrogens with zero attached hydrogens (tertiary/aromatic N) is 4. The summed E-state index contributed by atoms with van der Waals surface area (Å²) < 4.78 is 5.42. The third-order valence-corrected chi connectivity index (χ3v) is 4.15. The van der Waals surface area contributed by atoms with E-state index < -0.39 is 0 Å². The molecule has 3 rings (SSSR count). The van der Waals surface area contributed by atoms with Crippen LogP contribution in [0.3, 0.4) is 0 Å². The molecule has 132 valence electrons. The van der Waals surface area contributed by atoms with Gasteiger partial charge in [-0.2, -0.15) is 0 Å². The van der Waals surface area contributed by atoms with Gasteiger partial charge in [0.25, 0.3) is 5.91 Å². The van der Waals surface area contributed by atoms with Gasteiger partial charge in [0.15, 0.2) is 6.61 Å². The number of hydrogen-bond donors (Lipinski definition) is 1. The van der Waals surface area contributed by atoms with Crippen LogP contribution < -0.4 is 15.0 Å². The van der Waals surface area contributed by atoms with Crippen LogP contribution in [0.5, 0.6) is 5.75 Å². The van der Waals surface area contributed by atoms with E-state index in [1.165, 1.54) is 6.33 Å². The SMILES string of the molecule is CN1CCN(c2cc(NC(=O)COc3cccc(Cl)c3)ncn2)CC1. The summed E-state index contributed by atoms with van der Waals surface area (Å²) >= 11 is 5.89. The molecule has 0 aliphatic carbocycles. The lowest BCUT2D eigenvalue weighted by molar-refractivity contribution is -0.118. The van der Waals surface area contributed by atoms with Crippen LogP contribution in [0.15, 0.2) is 36.7 Å². The van der Waals surface area contributed by atoms with Crippen molar-refractivity contribution in [3.63, 3.8) is 0 Å². The Hall–Kier alpha value is -2.38. The summed E-state index contributed by atoms with van der Waals surface area (Å²) in [5.74, 6) is 1.53. The van der Waals surface area contributed by atoms with Gasteiger partial charge in [0.2, 0.25) is 0 Å². The summed E-state index contributed by atoms with van der Waals surface area (Å²) in [6.07, 6.45) is 1.46. The first-order valence-corrected chi connectivity index (χ1v) is 8.42. The van der Waals surface area contributed by atoms with Gasteiger partial charge in [-0.05, 0) is 25.2 Å². The minimum absolute atomic E-state index is 0.117. The number of hydrogen-bond acceptors (Lipinski definition) is 6. The number of carbonyl (C=O) groups is 1. The third kappa shape index (κ3) is 5.04. The van der Waals surface area contributed by atoms with Crippen molar-refractivity contribution >= 4 is 29.1 Å². The van der Waals surface area contributed by atoms with Gasteiger partial charge in [0.05, 0.1) is 0 Å². The Bertz CT molecular complexity index is 734. The van der Waals surface area contributed by atoms with E-state index in [-0.39, 0.29) is 12.5 Å². The highest BCUT2D eigenvalue weighted by molar-refractivity contribution is 6.30. The molecule has 0 unspecified atom stereocenters. The van der Waals surface area contributed by atoms with E-state index in [4.69, 9.17) is 16.3 Å². The maximum absolute atomic E-state index is 12.1. The van der Waals surface area contributed by atoms with Crippen molar-refractivity contribution in [2.75, 3.05) is 50.1 Å². The molecular formula is C17H20ClN5O2. The first-order valence-electron chi connectivity index (χ1n) is 8.04. The van der Waals surface area contributed by atoms with Crippen LogP contribution in [0.1, 0.15) is 0 Å². The molecule has 1 aromatic carbocycles. The second kappa shape index (κ2) is 8.13. The minimum Gasteiger partial charge on any atom is -0.484 e. The van der Waals surface area contributed by atoms with Gasteiger partial charge in [-0.1, -0.05) is 17.7 Å². The molecule has 8 heteroatoms. The molecule has 0 bridgehead atoms. The van der Waals surface area contributed by atoms with Gasteiger partial charge in [0, 0.05) is 37.3 Å². The van der Waals surface area contributed by atoms with E-state index in [1.54, 1.807) is 30.3 Å². The first kappa shape index (κ1) is 17.4. The quantitative estimate of drug-likeness (QED) is 0.877. The standard InChI is InChI=1S/C17H20ClN5O2/c1-22-5-7-23(8-6-22)16-10-15(19-12-20-16)21-17(24)11-25-14-4-2-3-13(18)9-14/h2-4,9-10,12H,5-8,11H2,1H3,(H,19,20,21,24). The molecule has 1 aromatic heterocycles. The number of nitrogens with one attached hydrogen (secondary N) is 1. The zero-order chi connectivity index (χ0) is 17.6. The Morgan fingerprint density at radius 3 is 2.80 bits per heavy atom. The summed E-state index contributed by atoms with van der Waals surface area (Å²) in [6.45, 7) is 3.66. The molecule has 25 heavy (non-hydrogen) atoms. The second-order valence-electron chi connectivity index (χ2n) is 5.85. The van der Waals surface area contributed by atoms with Crippen LogP contribution in [0.4, 0.5) is 11.6 Å². The molecule has 0 radical (unpaired) electrons. The van der Waals surface area contributed by atoms with Gasteiger partial charge in [-0.25, -0.2) is 9.97 Å². The predicted octanol–water partition coefficient (Wildman–Crippen LogP) is 1.90. The smallest absolute Gasteiger partial charge is 0.263 e. The van der Waals surface area contributed by atoms with E-state index in [9.17, 15) is 4.79 Å². The minimum atomic E-state index is -0.289. The fourth-order valence-corrected chi connectivity index (χ4v) is 2.69. The van der Waals surface area contributed by atoms with Crippen molar-refractivity contribution in [3.05, 3.63) is 41.7 Å². The lowest BCUT2D eigenvalue weighted by Gasteiger charge is -2.33. The highest BCUT2D eigenvalue weighted by Gasteiger charge is 2.16. The predicted molar refractivity (Wildman–Crippen MR) is 97.3 cm³/mol. The van der Waals surface area contributed by atoms with Crippen LogP contribution in [-0.2, 0) is 4.79 Å². The van der Waals surface area contributed by atoms with Crippen LogP contribution in [0, 0.1) is 0 Å². The highest BCUT2D eigenvalue weighted by Crippen LogP contribution is 2.18. The molecule has 2 heterocycles. The molecule has 0 atom stereocenters. The lowest BCUT2D eigenvalue weighted by Crippen LogP contribution is -2.44. The Morgan fingerprint density at radius 1 is 1.24 bits per heavy atom. The molecule has 1 aliphatic heterocycles. The first-order chi connectivity index (χ1) is 12.1. The molecule has 0 saturated carbocycles. The van der Waals surface area contributed by atoms with E-state index in [0.29, 0.717) is 16.6 Å². The van der Waals surface area contributed by atoms with E-state index in [0.717, 1.165) is 32.0 Å². The normalized spacial score (nSPS) is 15.0. The summed E-state index contributed by atoms with van der Waals surface area (Å²) in [5, 5.41) is 3.29. The van der Waals surface area contributed by atoms with Gasteiger partial charge < -0.3 is 19.9 Å². The lowest BCUT2D eigenvalue weighted by atomic mass is 10.3. The average Bonchev–Trinajstić information content (AvgIpc) is 2.61. The molecule has 7 nitrogen and oxygen atoms in total. The van der Waals surface area contributed by atoms with Crippen molar-refractivity contribution in [2.24, 2.45) is 0 Å². The number of anilines is 2. The molecule has 1 saturated heterocycles. The van der Waals surface area contributed by atoms with E-state index in [1.807, 2.05) is 0 Å². The largest absolute Gasteiger partial charge is 0.484 e. The maximum Gasteiger partial charge on any atom is 0.263 e. The maximum atomic E-state index is 12.1. The number of likely N-dealkylation sites (N-methyl/N-ethyl adjacent to an activating group) is 1. The Kier molecular flexibility index (Phi) is 5.67. The van der Waals surface area contributed by atoms with Crippen LogP contribution >= 0.6 is 11.6 Å². The van der Waals surface area contributed by atoms with E-state index in [2.05, 4.69) is 32.1 Å². The fraction of sp³-hybridized carbons (Fsp3) is 0.353. The zero-order valence-electron chi connectivity index (χ0n) is 14.0. The van der Waals surface area contributed by atoms with Gasteiger partial charge in [0.1, 0.15) is 23.7 Å². The number of halogens is 1. The molecule has 2 aromatic rings. The van der Waals surface area contributed by atoms with Crippen molar-refractivity contribution in [1.29, 1.82) is 0 Å². The monoisotopic (exact) mass is 361 g/mol. The van der Waals surface area contributed by atoms with Gasteiger partial charge >= 0.3 is 0 Å². The summed E-state index contributed by atoms with van der Waals surface area (Å²) in [4.78, 5) is 24.9.